The van der Waals surface area contributed by atoms with Crippen molar-refractivity contribution < 1.29 is 0 Å². The molecule has 2 N–H and O–H groups in total. The highest BCUT2D eigenvalue weighted by atomic mass is 32.2. The highest BCUT2D eigenvalue weighted by Crippen LogP contribution is 2.15. The van der Waals surface area contributed by atoms with E-state index in [2.05, 4.69) is 20.1 Å². The largest absolute Gasteiger partial charge is 0.330 e. The number of thioether (sulfide) groups is 1. The molecule has 1 unspecified atom stereocenters. The molecule has 11 heavy (non-hydrogen) atoms. The Labute approximate surface area is 75.1 Å². The molecular weight excluding hydrogens is 154 g/mol. The number of hydrogen-bond donors (Lipinski definition) is 1. The molecule has 0 fully saturated rings. The first-order valence-electron chi connectivity index (χ1n) is 4.39. The SMILES string of the molecule is CSCCC(CN)CC(C)C. The number of rotatable bonds is 6. The third kappa shape index (κ3) is 6.70. The van der Waals surface area contributed by atoms with Crippen molar-refractivity contribution in [3.05, 3.63) is 0 Å². The molecule has 1 nitrogen and oxygen atoms in total. The van der Waals surface area contributed by atoms with Gasteiger partial charge in [-0.05, 0) is 43.2 Å². The van der Waals surface area contributed by atoms with Gasteiger partial charge in [0.05, 0.1) is 0 Å². The predicted molar refractivity (Wildman–Crippen MR) is 55.0 cm³/mol. The van der Waals surface area contributed by atoms with Crippen LogP contribution in [0.4, 0.5) is 0 Å². The van der Waals surface area contributed by atoms with Crippen LogP contribution in [-0.4, -0.2) is 18.6 Å². The molecule has 0 aromatic heterocycles. The Balaban J connectivity index is 3.41. The van der Waals surface area contributed by atoms with E-state index in [-0.39, 0.29) is 0 Å². The van der Waals surface area contributed by atoms with Crippen LogP contribution in [-0.2, 0) is 0 Å². The topological polar surface area (TPSA) is 26.0 Å². The summed E-state index contributed by atoms with van der Waals surface area (Å²) in [6.07, 6.45) is 4.73. The van der Waals surface area contributed by atoms with Crippen LogP contribution in [0.5, 0.6) is 0 Å². The Morgan fingerprint density at radius 3 is 2.36 bits per heavy atom. The minimum atomic E-state index is 0.752. The molecule has 68 valence electrons. The summed E-state index contributed by atoms with van der Waals surface area (Å²) >= 11 is 1.92. The van der Waals surface area contributed by atoms with Crippen molar-refractivity contribution in [3.63, 3.8) is 0 Å². The molecule has 2 heteroatoms. The fourth-order valence-electron chi connectivity index (χ4n) is 1.28. The molecule has 0 rings (SSSR count). The number of hydrogen-bond acceptors (Lipinski definition) is 2. The Morgan fingerprint density at radius 2 is 2.00 bits per heavy atom. The summed E-state index contributed by atoms with van der Waals surface area (Å²) < 4.78 is 0. The van der Waals surface area contributed by atoms with Crippen molar-refractivity contribution in [2.45, 2.75) is 26.7 Å². The Bertz CT molecular complexity index is 83.6. The van der Waals surface area contributed by atoms with E-state index >= 15 is 0 Å². The minimum Gasteiger partial charge on any atom is -0.330 e. The Kier molecular flexibility index (Phi) is 7.18. The maximum Gasteiger partial charge on any atom is -0.00485 e. The minimum absolute atomic E-state index is 0.752. The zero-order chi connectivity index (χ0) is 8.69. The smallest absolute Gasteiger partial charge is 0.00485 e. The van der Waals surface area contributed by atoms with Gasteiger partial charge in [0.25, 0.3) is 0 Å². The molecule has 0 saturated carbocycles. The maximum absolute atomic E-state index is 5.65. The molecule has 0 heterocycles. The second kappa shape index (κ2) is 6.99. The first kappa shape index (κ1) is 11.3. The molecular formula is C9H21NS. The maximum atomic E-state index is 5.65. The summed E-state index contributed by atoms with van der Waals surface area (Å²) in [6.45, 7) is 5.39. The van der Waals surface area contributed by atoms with Crippen LogP contribution >= 0.6 is 11.8 Å². The van der Waals surface area contributed by atoms with Crippen LogP contribution in [0.15, 0.2) is 0 Å². The van der Waals surface area contributed by atoms with E-state index in [4.69, 9.17) is 5.73 Å². The molecule has 0 radical (unpaired) electrons. The van der Waals surface area contributed by atoms with Gasteiger partial charge >= 0.3 is 0 Å². The standard InChI is InChI=1S/C9H21NS/c1-8(2)6-9(7-10)4-5-11-3/h8-9H,4-7,10H2,1-3H3. The molecule has 0 aliphatic heterocycles. The molecule has 0 saturated heterocycles. The van der Waals surface area contributed by atoms with Crippen LogP contribution in [0.3, 0.4) is 0 Å². The molecule has 0 amide bonds. The monoisotopic (exact) mass is 175 g/mol. The van der Waals surface area contributed by atoms with Crippen LogP contribution in [0, 0.1) is 11.8 Å². The van der Waals surface area contributed by atoms with Crippen molar-refractivity contribution in [2.75, 3.05) is 18.6 Å². The Morgan fingerprint density at radius 1 is 1.36 bits per heavy atom. The lowest BCUT2D eigenvalue weighted by molar-refractivity contribution is 0.409. The van der Waals surface area contributed by atoms with Crippen molar-refractivity contribution in [1.29, 1.82) is 0 Å². The van der Waals surface area contributed by atoms with Gasteiger partial charge in [-0.1, -0.05) is 13.8 Å². The average molecular weight is 175 g/mol. The summed E-state index contributed by atoms with van der Waals surface area (Å²) in [6, 6.07) is 0. The fourth-order valence-corrected chi connectivity index (χ4v) is 1.85. The van der Waals surface area contributed by atoms with Gasteiger partial charge < -0.3 is 5.73 Å². The van der Waals surface area contributed by atoms with Gasteiger partial charge in [-0.3, -0.25) is 0 Å². The van der Waals surface area contributed by atoms with Crippen molar-refractivity contribution in [1.82, 2.24) is 0 Å². The first-order chi connectivity index (χ1) is 5.20. The van der Waals surface area contributed by atoms with Gasteiger partial charge in [-0.2, -0.15) is 11.8 Å². The second-order valence-electron chi connectivity index (χ2n) is 3.51. The van der Waals surface area contributed by atoms with Gasteiger partial charge in [0.15, 0.2) is 0 Å². The van der Waals surface area contributed by atoms with Gasteiger partial charge in [-0.15, -0.1) is 0 Å². The first-order valence-corrected chi connectivity index (χ1v) is 5.79. The van der Waals surface area contributed by atoms with Crippen LogP contribution in [0.25, 0.3) is 0 Å². The lowest BCUT2D eigenvalue weighted by Crippen LogP contribution is -2.17. The summed E-state index contributed by atoms with van der Waals surface area (Å²) in [5, 5.41) is 0. The van der Waals surface area contributed by atoms with Gasteiger partial charge in [-0.25, -0.2) is 0 Å². The van der Waals surface area contributed by atoms with E-state index in [1.807, 2.05) is 11.8 Å². The molecule has 0 spiro atoms. The van der Waals surface area contributed by atoms with Crippen molar-refractivity contribution >= 4 is 11.8 Å². The summed E-state index contributed by atoms with van der Waals surface area (Å²) in [4.78, 5) is 0. The van der Waals surface area contributed by atoms with E-state index in [0.29, 0.717) is 0 Å². The number of nitrogens with two attached hydrogens (primary N) is 1. The molecule has 0 aromatic rings. The summed E-state index contributed by atoms with van der Waals surface area (Å²) in [5.41, 5.74) is 5.65. The zero-order valence-electron chi connectivity index (χ0n) is 7.97. The van der Waals surface area contributed by atoms with E-state index in [0.717, 1.165) is 18.4 Å². The van der Waals surface area contributed by atoms with Crippen LogP contribution < -0.4 is 5.73 Å². The third-order valence-corrected chi connectivity index (χ3v) is 2.51. The average Bonchev–Trinajstić information content (AvgIpc) is 1.97. The normalized spacial score (nSPS) is 13.9. The predicted octanol–water partition coefficient (Wildman–Crippen LogP) is 2.36. The van der Waals surface area contributed by atoms with Crippen molar-refractivity contribution in [3.8, 4) is 0 Å². The molecule has 0 aromatic carbocycles. The summed E-state index contributed by atoms with van der Waals surface area (Å²) in [7, 11) is 0. The highest BCUT2D eigenvalue weighted by molar-refractivity contribution is 7.98. The molecule has 0 bridgehead atoms. The van der Waals surface area contributed by atoms with E-state index in [9.17, 15) is 0 Å². The zero-order valence-corrected chi connectivity index (χ0v) is 8.79. The van der Waals surface area contributed by atoms with Gasteiger partial charge in [0, 0.05) is 0 Å². The summed E-state index contributed by atoms with van der Waals surface area (Å²) in [5.74, 6) is 2.81. The quantitative estimate of drug-likeness (QED) is 0.670. The molecule has 0 aliphatic carbocycles. The molecule has 1 atom stereocenters. The van der Waals surface area contributed by atoms with E-state index in [1.54, 1.807) is 0 Å². The van der Waals surface area contributed by atoms with Crippen LogP contribution in [0.1, 0.15) is 26.7 Å². The third-order valence-electron chi connectivity index (χ3n) is 1.87. The van der Waals surface area contributed by atoms with E-state index in [1.165, 1.54) is 18.6 Å². The fraction of sp³-hybridized carbons (Fsp3) is 1.00. The molecule has 0 aliphatic rings. The van der Waals surface area contributed by atoms with Crippen LogP contribution in [0.2, 0.25) is 0 Å². The van der Waals surface area contributed by atoms with E-state index < -0.39 is 0 Å². The Hall–Kier alpha value is 0.310. The lowest BCUT2D eigenvalue weighted by Gasteiger charge is -2.15. The van der Waals surface area contributed by atoms with Gasteiger partial charge in [0.1, 0.15) is 0 Å². The van der Waals surface area contributed by atoms with Gasteiger partial charge in [0.2, 0.25) is 0 Å². The second-order valence-corrected chi connectivity index (χ2v) is 4.50. The lowest BCUT2D eigenvalue weighted by atomic mass is 9.95. The van der Waals surface area contributed by atoms with Crippen molar-refractivity contribution in [2.24, 2.45) is 17.6 Å². The highest BCUT2D eigenvalue weighted by Gasteiger charge is 2.07.